The summed E-state index contributed by atoms with van der Waals surface area (Å²) in [4.78, 5) is 14.3. The second kappa shape index (κ2) is 9.05. The molecule has 1 aromatic heterocycles. The zero-order valence-corrected chi connectivity index (χ0v) is 15.3. The van der Waals surface area contributed by atoms with Gasteiger partial charge >= 0.3 is 6.03 Å². The summed E-state index contributed by atoms with van der Waals surface area (Å²) in [6.07, 6.45) is 3.14. The summed E-state index contributed by atoms with van der Waals surface area (Å²) < 4.78 is 1.92. The molecule has 0 radical (unpaired) electrons. The van der Waals surface area contributed by atoms with E-state index in [9.17, 15) is 4.79 Å². The molecule has 1 fully saturated rings. The second-order valence-corrected chi connectivity index (χ2v) is 7.40. The smallest absolute Gasteiger partial charge is 0.315 e. The Hall–Kier alpha value is -1.37. The van der Waals surface area contributed by atoms with Crippen LogP contribution >= 0.6 is 11.8 Å². The number of carbonyl (C=O) groups is 1. The lowest BCUT2D eigenvalue weighted by molar-refractivity contribution is 0.235. The third-order valence-corrected chi connectivity index (χ3v) is 5.00. The van der Waals surface area contributed by atoms with Gasteiger partial charge in [-0.15, -0.1) is 0 Å². The highest BCUT2D eigenvalue weighted by atomic mass is 32.2. The first-order chi connectivity index (χ1) is 11.1. The van der Waals surface area contributed by atoms with E-state index in [1.165, 1.54) is 0 Å². The number of hydrogen-bond donors (Lipinski definition) is 2. The fraction of sp³-hybridized carbons (Fsp3) is 0.750. The van der Waals surface area contributed by atoms with Gasteiger partial charge in [0.15, 0.2) is 0 Å². The lowest BCUT2D eigenvalue weighted by atomic mass is 10.1. The largest absolute Gasteiger partial charge is 0.355 e. The van der Waals surface area contributed by atoms with Gasteiger partial charge in [-0.05, 0) is 37.7 Å². The summed E-state index contributed by atoms with van der Waals surface area (Å²) in [5.74, 6) is 3.37. The van der Waals surface area contributed by atoms with E-state index < -0.39 is 0 Å². The van der Waals surface area contributed by atoms with E-state index in [4.69, 9.17) is 0 Å². The van der Waals surface area contributed by atoms with Crippen LogP contribution in [0.4, 0.5) is 10.6 Å². The number of anilines is 1. The van der Waals surface area contributed by atoms with Crippen molar-refractivity contribution in [1.82, 2.24) is 20.4 Å². The van der Waals surface area contributed by atoms with Gasteiger partial charge < -0.3 is 15.5 Å². The van der Waals surface area contributed by atoms with Gasteiger partial charge in [0.1, 0.15) is 5.82 Å². The Morgan fingerprint density at radius 3 is 3.04 bits per heavy atom. The molecule has 7 heteroatoms. The number of nitrogens with one attached hydrogen (secondary N) is 2. The topological polar surface area (TPSA) is 62.2 Å². The number of aryl methyl sites for hydroxylation is 2. The summed E-state index contributed by atoms with van der Waals surface area (Å²) in [6, 6.07) is 2.26. The van der Waals surface area contributed by atoms with Crippen molar-refractivity contribution in [3.63, 3.8) is 0 Å². The molecule has 1 aliphatic rings. The Bertz CT molecular complexity index is 505. The maximum absolute atomic E-state index is 12.0. The minimum Gasteiger partial charge on any atom is -0.355 e. The molecule has 0 bridgehead atoms. The van der Waals surface area contributed by atoms with Gasteiger partial charge in [-0.2, -0.15) is 16.9 Å². The lowest BCUT2D eigenvalue weighted by Gasteiger charge is -2.34. The molecule has 1 unspecified atom stereocenters. The van der Waals surface area contributed by atoms with E-state index >= 15 is 0 Å². The van der Waals surface area contributed by atoms with Crippen molar-refractivity contribution < 1.29 is 4.79 Å². The predicted octanol–water partition coefficient (Wildman–Crippen LogP) is 2.14. The highest BCUT2D eigenvalue weighted by Gasteiger charge is 2.23. The Kier molecular flexibility index (Phi) is 7.08. The van der Waals surface area contributed by atoms with Crippen molar-refractivity contribution in [2.75, 3.05) is 36.0 Å². The van der Waals surface area contributed by atoms with E-state index in [-0.39, 0.29) is 12.1 Å². The fourth-order valence-electron chi connectivity index (χ4n) is 2.95. The number of thioether (sulfide) groups is 1. The molecule has 1 atom stereocenters. The minimum atomic E-state index is -0.0421. The molecule has 23 heavy (non-hydrogen) atoms. The first-order valence-electron chi connectivity index (χ1n) is 8.48. The third-order valence-electron chi connectivity index (χ3n) is 4.01. The van der Waals surface area contributed by atoms with E-state index in [0.29, 0.717) is 0 Å². The van der Waals surface area contributed by atoms with Gasteiger partial charge in [-0.1, -0.05) is 6.92 Å². The molecule has 0 saturated carbocycles. The molecule has 1 aliphatic heterocycles. The number of piperidine rings is 1. The van der Waals surface area contributed by atoms with Crippen molar-refractivity contribution in [3.8, 4) is 0 Å². The van der Waals surface area contributed by atoms with Gasteiger partial charge in [-0.25, -0.2) is 4.79 Å². The zero-order chi connectivity index (χ0) is 16.7. The summed E-state index contributed by atoms with van der Waals surface area (Å²) in [5, 5.41) is 10.5. The Labute approximate surface area is 143 Å². The van der Waals surface area contributed by atoms with Crippen LogP contribution in [-0.4, -0.2) is 53.0 Å². The molecule has 2 N–H and O–H groups in total. The standard InChI is InChI=1S/C16H29N5OS/c1-4-23-10-6-8-17-16(22)18-14-7-5-9-21(12-14)15-11-13(2)19-20(15)3/h11,14H,4-10,12H2,1-3H3,(H2,17,18,22). The first-order valence-corrected chi connectivity index (χ1v) is 9.63. The predicted molar refractivity (Wildman–Crippen MR) is 97.3 cm³/mol. The van der Waals surface area contributed by atoms with Crippen LogP contribution in [0.1, 0.15) is 31.9 Å². The van der Waals surface area contributed by atoms with Crippen molar-refractivity contribution in [3.05, 3.63) is 11.8 Å². The summed E-state index contributed by atoms with van der Waals surface area (Å²) in [6.45, 7) is 6.78. The molecule has 1 aromatic rings. The van der Waals surface area contributed by atoms with Crippen LogP contribution in [0.2, 0.25) is 0 Å². The van der Waals surface area contributed by atoms with Crippen LogP contribution < -0.4 is 15.5 Å². The highest BCUT2D eigenvalue weighted by Crippen LogP contribution is 2.20. The maximum Gasteiger partial charge on any atom is 0.315 e. The molecule has 2 amide bonds. The Morgan fingerprint density at radius 2 is 2.35 bits per heavy atom. The van der Waals surface area contributed by atoms with Gasteiger partial charge in [0.05, 0.1) is 5.69 Å². The summed E-state index contributed by atoms with van der Waals surface area (Å²) in [7, 11) is 1.97. The van der Waals surface area contributed by atoms with Crippen molar-refractivity contribution in [1.29, 1.82) is 0 Å². The van der Waals surface area contributed by atoms with E-state index in [2.05, 4.69) is 33.6 Å². The molecular formula is C16H29N5OS. The van der Waals surface area contributed by atoms with Crippen LogP contribution in [-0.2, 0) is 7.05 Å². The van der Waals surface area contributed by atoms with Crippen LogP contribution in [0.3, 0.4) is 0 Å². The van der Waals surface area contributed by atoms with Crippen LogP contribution in [0, 0.1) is 6.92 Å². The number of carbonyl (C=O) groups excluding carboxylic acids is 1. The Balaban J connectivity index is 1.75. The number of rotatable bonds is 7. The number of aromatic nitrogens is 2. The monoisotopic (exact) mass is 339 g/mol. The quantitative estimate of drug-likeness (QED) is 0.747. The van der Waals surface area contributed by atoms with E-state index in [1.807, 2.05) is 30.4 Å². The summed E-state index contributed by atoms with van der Waals surface area (Å²) >= 11 is 1.91. The first kappa shape index (κ1) is 18.0. The van der Waals surface area contributed by atoms with Crippen molar-refractivity contribution in [2.45, 2.75) is 39.2 Å². The molecule has 0 spiro atoms. The molecule has 0 aromatic carbocycles. The molecule has 0 aliphatic carbocycles. The maximum atomic E-state index is 12.0. The second-order valence-electron chi connectivity index (χ2n) is 6.00. The van der Waals surface area contributed by atoms with Gasteiger partial charge in [-0.3, -0.25) is 4.68 Å². The zero-order valence-electron chi connectivity index (χ0n) is 14.5. The van der Waals surface area contributed by atoms with Crippen LogP contribution in [0.15, 0.2) is 6.07 Å². The fourth-order valence-corrected chi connectivity index (χ4v) is 3.59. The van der Waals surface area contributed by atoms with Crippen LogP contribution in [0.5, 0.6) is 0 Å². The average molecular weight is 340 g/mol. The number of hydrogen-bond acceptors (Lipinski definition) is 4. The lowest BCUT2D eigenvalue weighted by Crippen LogP contribution is -2.51. The molecule has 2 heterocycles. The normalized spacial score (nSPS) is 18.0. The van der Waals surface area contributed by atoms with Gasteiger partial charge in [0.2, 0.25) is 0 Å². The summed E-state index contributed by atoms with van der Waals surface area (Å²) in [5.41, 5.74) is 1.03. The minimum absolute atomic E-state index is 0.0421. The molecule has 2 rings (SSSR count). The van der Waals surface area contributed by atoms with Crippen LogP contribution in [0.25, 0.3) is 0 Å². The third kappa shape index (κ3) is 5.64. The highest BCUT2D eigenvalue weighted by molar-refractivity contribution is 7.99. The number of amides is 2. The van der Waals surface area contributed by atoms with Crippen molar-refractivity contribution >= 4 is 23.6 Å². The van der Waals surface area contributed by atoms with Gasteiger partial charge in [0, 0.05) is 38.8 Å². The van der Waals surface area contributed by atoms with Crippen molar-refractivity contribution in [2.24, 2.45) is 7.05 Å². The number of urea groups is 1. The molecule has 1 saturated heterocycles. The number of nitrogens with zero attached hydrogens (tertiary/aromatic N) is 3. The Morgan fingerprint density at radius 1 is 1.52 bits per heavy atom. The van der Waals surface area contributed by atoms with Gasteiger partial charge in [0.25, 0.3) is 0 Å². The molecule has 130 valence electrons. The van der Waals surface area contributed by atoms with E-state index in [1.54, 1.807) is 0 Å². The SMILES string of the molecule is CCSCCCNC(=O)NC1CCCN(c2cc(C)nn2C)C1. The average Bonchev–Trinajstić information content (AvgIpc) is 2.86. The molecule has 6 nitrogen and oxygen atoms in total. The molecular weight excluding hydrogens is 310 g/mol. The van der Waals surface area contributed by atoms with E-state index in [0.717, 1.165) is 61.9 Å².